The molecule has 0 aliphatic heterocycles. The quantitative estimate of drug-likeness (QED) is 0.0428. The predicted octanol–water partition coefficient (Wildman–Crippen LogP) is 8.24. The topological polar surface area (TPSA) is 206 Å². The Hall–Kier alpha value is -3.96. The van der Waals surface area contributed by atoms with Gasteiger partial charge in [0.2, 0.25) is 0 Å². The van der Waals surface area contributed by atoms with Crippen molar-refractivity contribution in [1.29, 1.82) is 0 Å². The van der Waals surface area contributed by atoms with Crippen LogP contribution in [0.5, 0.6) is 0 Å². The highest BCUT2D eigenvalue weighted by Gasteiger charge is 2.17. The lowest BCUT2D eigenvalue weighted by Crippen LogP contribution is -2.28. The van der Waals surface area contributed by atoms with Crippen LogP contribution in [0.25, 0.3) is 0 Å². The Balaban J connectivity index is 1.46. The number of carbonyl (C=O) groups is 4. The second-order valence-corrected chi connectivity index (χ2v) is 18.4. The van der Waals surface area contributed by atoms with Crippen LogP contribution in [-0.4, -0.2) is 107 Å². The van der Waals surface area contributed by atoms with Crippen molar-refractivity contribution in [1.82, 2.24) is 10.3 Å². The van der Waals surface area contributed by atoms with Crippen molar-refractivity contribution in [2.24, 2.45) is 0 Å². The lowest BCUT2D eigenvalue weighted by Gasteiger charge is -2.19. The first-order valence-electron chi connectivity index (χ1n) is 22.9. The summed E-state index contributed by atoms with van der Waals surface area (Å²) in [5.74, 6) is -1.48. The van der Waals surface area contributed by atoms with E-state index in [0.29, 0.717) is 25.9 Å². The van der Waals surface area contributed by atoms with E-state index < -0.39 is 21.6 Å². The van der Waals surface area contributed by atoms with Crippen LogP contribution in [0.4, 0.5) is 5.82 Å². The molecule has 0 fully saturated rings. The smallest absolute Gasteiger partial charge is 0.329 e. The zero-order chi connectivity index (χ0) is 46.0. The molecule has 1 amide bonds. The molecule has 0 atom stereocenters. The van der Waals surface area contributed by atoms with Crippen LogP contribution in [0.3, 0.4) is 0 Å². The molecule has 0 saturated heterocycles. The number of unbranched alkanes of at least 4 members (excludes halogenated alkanes) is 14. The molecule has 15 nitrogen and oxygen atoms in total. The maximum absolute atomic E-state index is 13.0. The number of carboxylic acids is 1. The normalized spacial score (nSPS) is 11.7. The first-order chi connectivity index (χ1) is 30.2. The molecule has 1 aromatic heterocycles. The van der Waals surface area contributed by atoms with Crippen LogP contribution in [0, 0.1) is 0 Å². The van der Waals surface area contributed by atoms with Crippen molar-refractivity contribution in [2.45, 2.75) is 153 Å². The average molecular weight is 906 g/mol. The van der Waals surface area contributed by atoms with Crippen LogP contribution in [0.2, 0.25) is 0 Å². The van der Waals surface area contributed by atoms with Crippen molar-refractivity contribution in [2.75, 3.05) is 64.1 Å². The number of hydrogen-bond acceptors (Lipinski definition) is 12. The van der Waals surface area contributed by atoms with Gasteiger partial charge in [-0.2, -0.15) is 0 Å². The fourth-order valence-corrected chi connectivity index (χ4v) is 7.49. The van der Waals surface area contributed by atoms with E-state index in [2.05, 4.69) is 15.0 Å². The first kappa shape index (κ1) is 55.2. The number of rotatable bonds is 39. The lowest BCUT2D eigenvalue weighted by molar-refractivity contribution is -0.155. The fourth-order valence-electron chi connectivity index (χ4n) is 6.48. The number of carbonyl (C=O) groups excluding carboxylic acids is 3. The van der Waals surface area contributed by atoms with Crippen LogP contribution < -0.4 is 10.0 Å². The summed E-state index contributed by atoms with van der Waals surface area (Å²) in [6.45, 7) is 7.03. The number of anilines is 1. The number of nitrogens with one attached hydrogen (secondary N) is 2. The van der Waals surface area contributed by atoms with E-state index in [1.54, 1.807) is 12.1 Å². The maximum Gasteiger partial charge on any atom is 0.329 e. The van der Waals surface area contributed by atoms with Crippen molar-refractivity contribution in [3.63, 3.8) is 0 Å². The van der Waals surface area contributed by atoms with E-state index >= 15 is 0 Å². The zero-order valence-electron chi connectivity index (χ0n) is 38.1. The monoisotopic (exact) mass is 906 g/mol. The molecule has 1 heterocycles. The second kappa shape index (κ2) is 33.5. The van der Waals surface area contributed by atoms with Gasteiger partial charge in [-0.05, 0) is 76.3 Å². The third-order valence-corrected chi connectivity index (χ3v) is 11.1. The molecular formula is C47H75N3O12S. The molecule has 0 unspecified atom stereocenters. The number of aliphatic carboxylic acids is 1. The van der Waals surface area contributed by atoms with Gasteiger partial charge in [0.25, 0.3) is 15.9 Å². The van der Waals surface area contributed by atoms with Crippen molar-refractivity contribution >= 4 is 39.5 Å². The minimum absolute atomic E-state index is 0.0406. The summed E-state index contributed by atoms with van der Waals surface area (Å²) in [5.41, 5.74) is 0.972. The molecule has 0 spiro atoms. The SMILES string of the molecule is CC(C)(C)OC(=O)CCCCCCCCCCCCCCCCCc1ccc(S(=O)(=O)Nc2ccc(C(=O)NCCOCCOCC(=O)CCCOCCOCC(=O)O)cn2)cc1. The molecule has 356 valence electrons. The molecule has 2 rings (SSSR count). The minimum atomic E-state index is -3.86. The number of sulfonamides is 1. The van der Waals surface area contributed by atoms with E-state index in [-0.39, 0.29) is 86.7 Å². The maximum atomic E-state index is 13.0. The van der Waals surface area contributed by atoms with E-state index in [1.165, 1.54) is 89.0 Å². The van der Waals surface area contributed by atoms with Crippen LogP contribution in [-0.2, 0) is 54.5 Å². The van der Waals surface area contributed by atoms with Gasteiger partial charge in [0.15, 0.2) is 5.78 Å². The van der Waals surface area contributed by atoms with E-state index in [0.717, 1.165) is 37.7 Å². The number of carboxylic acid groups (broad SMARTS) is 1. The number of aromatic nitrogens is 1. The number of pyridine rings is 1. The molecule has 2 aromatic rings. The summed E-state index contributed by atoms with van der Waals surface area (Å²) in [7, 11) is -3.86. The summed E-state index contributed by atoms with van der Waals surface area (Å²) in [6, 6.07) is 9.85. The average Bonchev–Trinajstić information content (AvgIpc) is 3.23. The predicted molar refractivity (Wildman–Crippen MR) is 242 cm³/mol. The third-order valence-electron chi connectivity index (χ3n) is 9.77. The number of aryl methyl sites for hydroxylation is 1. The van der Waals surface area contributed by atoms with Gasteiger partial charge in [0, 0.05) is 32.2 Å². The highest BCUT2D eigenvalue weighted by molar-refractivity contribution is 7.92. The Labute approximate surface area is 376 Å². The summed E-state index contributed by atoms with van der Waals surface area (Å²) >= 11 is 0. The van der Waals surface area contributed by atoms with Gasteiger partial charge in [0.1, 0.15) is 24.6 Å². The van der Waals surface area contributed by atoms with Gasteiger partial charge in [-0.3, -0.25) is 19.1 Å². The van der Waals surface area contributed by atoms with Crippen molar-refractivity contribution in [3.05, 3.63) is 53.7 Å². The number of nitrogens with zero attached hydrogens (tertiary/aromatic N) is 1. The van der Waals surface area contributed by atoms with Crippen LogP contribution in [0.15, 0.2) is 47.5 Å². The minimum Gasteiger partial charge on any atom is -0.480 e. The summed E-state index contributed by atoms with van der Waals surface area (Å²) in [5, 5.41) is 11.2. The number of esters is 1. The molecule has 0 aliphatic rings. The number of hydrogen-bond donors (Lipinski definition) is 3. The summed E-state index contributed by atoms with van der Waals surface area (Å²) in [4.78, 5) is 50.8. The molecule has 16 heteroatoms. The van der Waals surface area contributed by atoms with Gasteiger partial charge < -0.3 is 34.1 Å². The van der Waals surface area contributed by atoms with Gasteiger partial charge >= 0.3 is 11.9 Å². The van der Waals surface area contributed by atoms with E-state index in [1.807, 2.05) is 32.9 Å². The summed E-state index contributed by atoms with van der Waals surface area (Å²) < 4.78 is 54.7. The third kappa shape index (κ3) is 29.9. The number of Topliss-reactive ketones (excluding diaryl/α,β-unsaturated/α-hetero) is 1. The molecule has 0 radical (unpaired) electrons. The molecule has 1 aromatic carbocycles. The lowest BCUT2D eigenvalue weighted by atomic mass is 10.0. The summed E-state index contributed by atoms with van der Waals surface area (Å²) in [6.07, 6.45) is 21.8. The molecule has 63 heavy (non-hydrogen) atoms. The zero-order valence-corrected chi connectivity index (χ0v) is 39.0. The van der Waals surface area contributed by atoms with Crippen molar-refractivity contribution in [3.8, 4) is 0 Å². The standard InChI is InChI=1S/C47H75N3O12S/c1-47(2,3)62-45(54)22-18-16-14-12-10-8-6-4-5-7-9-11-13-15-17-20-39-23-26-42(27-24-39)63(56,57)50-43-28-25-40(36-49-43)46(55)48-29-31-59-33-34-60-37-41(51)21-19-30-58-32-35-61-38-44(52)53/h23-28,36H,4-22,29-35,37-38H2,1-3H3,(H,48,55)(H,49,50)(H,52,53). The van der Waals surface area contributed by atoms with Crippen LogP contribution in [0.1, 0.15) is 152 Å². The Morgan fingerprint density at radius 2 is 1.16 bits per heavy atom. The Kier molecular flexibility index (Phi) is 29.4. The Morgan fingerprint density at radius 1 is 0.619 bits per heavy atom. The number of amides is 1. The van der Waals surface area contributed by atoms with E-state index in [9.17, 15) is 27.6 Å². The van der Waals surface area contributed by atoms with Crippen LogP contribution >= 0.6 is 0 Å². The second-order valence-electron chi connectivity index (χ2n) is 16.7. The highest BCUT2D eigenvalue weighted by atomic mass is 32.2. The van der Waals surface area contributed by atoms with Gasteiger partial charge in [-0.25, -0.2) is 18.2 Å². The Morgan fingerprint density at radius 3 is 1.71 bits per heavy atom. The molecular weight excluding hydrogens is 831 g/mol. The fraction of sp³-hybridized carbons (Fsp3) is 0.681. The largest absolute Gasteiger partial charge is 0.480 e. The Bertz CT molecular complexity index is 1670. The van der Waals surface area contributed by atoms with Crippen molar-refractivity contribution < 1.29 is 56.4 Å². The highest BCUT2D eigenvalue weighted by Crippen LogP contribution is 2.19. The molecule has 0 saturated carbocycles. The number of benzene rings is 1. The molecule has 3 N–H and O–H groups in total. The van der Waals surface area contributed by atoms with Gasteiger partial charge in [-0.15, -0.1) is 0 Å². The number of ether oxygens (including phenoxy) is 5. The molecule has 0 bridgehead atoms. The number of ketones is 1. The first-order valence-corrected chi connectivity index (χ1v) is 24.4. The van der Waals surface area contributed by atoms with Gasteiger partial charge in [0.05, 0.1) is 43.5 Å². The van der Waals surface area contributed by atoms with E-state index in [4.69, 9.17) is 28.8 Å². The van der Waals surface area contributed by atoms with Gasteiger partial charge in [-0.1, -0.05) is 95.6 Å². The molecule has 0 aliphatic carbocycles.